The van der Waals surface area contributed by atoms with E-state index in [2.05, 4.69) is 9.72 Å². The largest absolute Gasteiger partial charge is 0.434 e. The van der Waals surface area contributed by atoms with Gasteiger partial charge in [-0.2, -0.15) is 17.6 Å². The highest BCUT2D eigenvalue weighted by molar-refractivity contribution is 5.68. The van der Waals surface area contributed by atoms with Crippen molar-refractivity contribution in [1.29, 1.82) is 0 Å². The van der Waals surface area contributed by atoms with Gasteiger partial charge in [0.1, 0.15) is 0 Å². The smallest absolute Gasteiger partial charge is 0.427 e. The van der Waals surface area contributed by atoms with Gasteiger partial charge in [0, 0.05) is 25.2 Å². The summed E-state index contributed by atoms with van der Waals surface area (Å²) in [5.41, 5.74) is 0.405. The monoisotopic (exact) mass is 392 g/mol. The Hall–Kier alpha value is -1.94. The number of aliphatic hydroxyl groups is 1. The lowest BCUT2D eigenvalue weighted by Crippen LogP contribution is -2.48. The van der Waals surface area contributed by atoms with Crippen LogP contribution in [0.15, 0.2) is 18.3 Å². The van der Waals surface area contributed by atoms with E-state index < -0.39 is 36.5 Å². The molecule has 1 aromatic heterocycles. The number of hydrogen-bond acceptors (Lipinski definition) is 5. The zero-order valence-electron chi connectivity index (χ0n) is 14.4. The van der Waals surface area contributed by atoms with Crippen LogP contribution in [0.3, 0.4) is 0 Å². The van der Waals surface area contributed by atoms with Crippen molar-refractivity contribution in [3.63, 3.8) is 0 Å². The van der Waals surface area contributed by atoms with Gasteiger partial charge in [-0.1, -0.05) is 6.07 Å². The van der Waals surface area contributed by atoms with E-state index in [1.165, 1.54) is 17.2 Å². The van der Waals surface area contributed by atoms with Crippen LogP contribution in [-0.2, 0) is 9.47 Å². The van der Waals surface area contributed by atoms with Crippen molar-refractivity contribution in [2.24, 2.45) is 0 Å². The van der Waals surface area contributed by atoms with Crippen molar-refractivity contribution < 1.29 is 36.9 Å². The summed E-state index contributed by atoms with van der Waals surface area (Å²) in [7, 11) is 0. The summed E-state index contributed by atoms with van der Waals surface area (Å²) in [4.78, 5) is 16.8. The van der Waals surface area contributed by atoms with Crippen LogP contribution in [0.25, 0.3) is 0 Å². The van der Waals surface area contributed by atoms with E-state index in [4.69, 9.17) is 9.84 Å². The fourth-order valence-corrected chi connectivity index (χ4v) is 3.54. The lowest BCUT2D eigenvalue weighted by Gasteiger charge is -2.38. The summed E-state index contributed by atoms with van der Waals surface area (Å²) < 4.78 is 61.1. The van der Waals surface area contributed by atoms with E-state index in [0.717, 1.165) is 5.56 Å². The molecule has 3 rings (SSSR count). The number of halogens is 4. The van der Waals surface area contributed by atoms with Crippen molar-refractivity contribution >= 4 is 6.09 Å². The van der Waals surface area contributed by atoms with Gasteiger partial charge in [-0.3, -0.25) is 0 Å². The molecule has 1 N–H and O–H groups in total. The number of rotatable bonds is 3. The number of carbonyl (C=O) groups excluding carboxylic acids is 1. The fraction of sp³-hybridized carbons (Fsp3) is 0.647. The Balaban J connectivity index is 1.54. The SMILES string of the molecule is O=C(O[C@H](CO)C(F)(F)F)N1CCC2(CC1)CC(c1ccc(F)nc1)CO2. The van der Waals surface area contributed by atoms with Crippen LogP contribution in [0.4, 0.5) is 22.4 Å². The van der Waals surface area contributed by atoms with E-state index in [0.29, 0.717) is 25.9 Å². The van der Waals surface area contributed by atoms with Gasteiger partial charge in [-0.05, 0) is 30.9 Å². The van der Waals surface area contributed by atoms with E-state index in [9.17, 15) is 22.4 Å². The number of pyridine rings is 1. The standard InChI is InChI=1S/C17H20F4N2O4/c18-14-2-1-11(8-22-14)12-7-16(26-10-12)3-5-23(6-4-16)15(25)27-13(9-24)17(19,20)21/h1-2,8,12-13,24H,3-7,9-10H2/t12?,13-/m1/s1. The summed E-state index contributed by atoms with van der Waals surface area (Å²) in [5.74, 6) is -0.500. The summed E-state index contributed by atoms with van der Waals surface area (Å²) in [6.07, 6.45) is -5.37. The van der Waals surface area contributed by atoms with Crippen LogP contribution in [0.2, 0.25) is 0 Å². The van der Waals surface area contributed by atoms with Crippen LogP contribution in [0.5, 0.6) is 0 Å². The minimum Gasteiger partial charge on any atom is -0.434 e. The molecular formula is C17H20F4N2O4. The maximum atomic E-state index is 13.0. The van der Waals surface area contributed by atoms with Gasteiger partial charge in [0.15, 0.2) is 0 Å². The molecule has 27 heavy (non-hydrogen) atoms. The molecule has 0 aliphatic carbocycles. The van der Waals surface area contributed by atoms with Crippen molar-refractivity contribution in [3.05, 3.63) is 29.8 Å². The molecule has 0 bridgehead atoms. The number of likely N-dealkylation sites (tertiary alicyclic amines) is 1. The van der Waals surface area contributed by atoms with Crippen LogP contribution in [0.1, 0.15) is 30.7 Å². The Morgan fingerprint density at radius 1 is 1.41 bits per heavy atom. The Labute approximate surface area is 153 Å². The third kappa shape index (κ3) is 4.49. The number of carbonyl (C=O) groups is 1. The average molecular weight is 392 g/mol. The molecule has 1 aromatic rings. The molecule has 1 spiro atoms. The lowest BCUT2D eigenvalue weighted by molar-refractivity contribution is -0.215. The Morgan fingerprint density at radius 2 is 2.11 bits per heavy atom. The highest BCUT2D eigenvalue weighted by Crippen LogP contribution is 2.42. The number of alkyl halides is 3. The predicted octanol–water partition coefficient (Wildman–Crippen LogP) is 2.62. The molecule has 1 unspecified atom stereocenters. The first-order chi connectivity index (χ1) is 12.7. The first-order valence-corrected chi connectivity index (χ1v) is 8.61. The van der Waals surface area contributed by atoms with Gasteiger partial charge in [-0.15, -0.1) is 0 Å². The second-order valence-corrected chi connectivity index (χ2v) is 6.89. The van der Waals surface area contributed by atoms with Gasteiger partial charge in [0.2, 0.25) is 12.1 Å². The van der Waals surface area contributed by atoms with Gasteiger partial charge in [0.05, 0.1) is 18.8 Å². The zero-order chi connectivity index (χ0) is 19.7. The first kappa shape index (κ1) is 19.8. The molecule has 2 atom stereocenters. The second kappa shape index (κ2) is 7.59. The van der Waals surface area contributed by atoms with E-state index >= 15 is 0 Å². The predicted molar refractivity (Wildman–Crippen MR) is 84.5 cm³/mol. The molecule has 0 aromatic carbocycles. The second-order valence-electron chi connectivity index (χ2n) is 6.89. The van der Waals surface area contributed by atoms with Crippen molar-refractivity contribution in [2.45, 2.75) is 43.1 Å². The lowest BCUT2D eigenvalue weighted by atomic mass is 9.83. The van der Waals surface area contributed by atoms with Gasteiger partial charge < -0.3 is 19.5 Å². The van der Waals surface area contributed by atoms with E-state index in [1.54, 1.807) is 6.07 Å². The number of nitrogens with zero attached hydrogens (tertiary/aromatic N) is 2. The van der Waals surface area contributed by atoms with Crippen LogP contribution in [-0.4, -0.2) is 65.3 Å². The summed E-state index contributed by atoms with van der Waals surface area (Å²) in [6, 6.07) is 2.95. The fourth-order valence-electron chi connectivity index (χ4n) is 3.54. The molecular weight excluding hydrogens is 372 g/mol. The third-order valence-electron chi connectivity index (χ3n) is 5.14. The normalized spacial score (nSPS) is 23.4. The van der Waals surface area contributed by atoms with Gasteiger partial charge in [0.25, 0.3) is 0 Å². The Bertz CT molecular complexity index is 660. The Kier molecular flexibility index (Phi) is 5.57. The highest BCUT2D eigenvalue weighted by Gasteiger charge is 2.46. The number of amides is 1. The minimum atomic E-state index is -4.81. The molecule has 6 nitrogen and oxygen atoms in total. The molecule has 1 amide bonds. The topological polar surface area (TPSA) is 71.9 Å². The number of aliphatic hydroxyl groups excluding tert-OH is 1. The first-order valence-electron chi connectivity index (χ1n) is 8.61. The molecule has 0 radical (unpaired) electrons. The van der Waals surface area contributed by atoms with Crippen LogP contribution in [0, 0.1) is 5.95 Å². The molecule has 2 aliphatic heterocycles. The average Bonchev–Trinajstić information content (AvgIpc) is 3.03. The summed E-state index contributed by atoms with van der Waals surface area (Å²) in [5, 5.41) is 8.77. The third-order valence-corrected chi connectivity index (χ3v) is 5.14. The van der Waals surface area contributed by atoms with Crippen LogP contribution < -0.4 is 0 Å². The van der Waals surface area contributed by atoms with Crippen molar-refractivity contribution in [2.75, 3.05) is 26.3 Å². The highest BCUT2D eigenvalue weighted by atomic mass is 19.4. The number of piperidine rings is 1. The molecule has 2 saturated heterocycles. The van der Waals surface area contributed by atoms with Crippen molar-refractivity contribution in [1.82, 2.24) is 9.88 Å². The molecule has 3 heterocycles. The van der Waals surface area contributed by atoms with Gasteiger partial charge >= 0.3 is 12.3 Å². The molecule has 2 fully saturated rings. The number of ether oxygens (including phenoxy) is 2. The maximum Gasteiger partial charge on any atom is 0.427 e. The zero-order valence-corrected chi connectivity index (χ0v) is 14.4. The number of aromatic nitrogens is 1. The minimum absolute atomic E-state index is 0.0561. The maximum absolute atomic E-state index is 13.0. The Morgan fingerprint density at radius 3 is 2.67 bits per heavy atom. The molecule has 10 heteroatoms. The molecule has 0 saturated carbocycles. The van der Waals surface area contributed by atoms with Crippen LogP contribution >= 0.6 is 0 Å². The molecule has 150 valence electrons. The van der Waals surface area contributed by atoms with E-state index in [-0.39, 0.29) is 19.0 Å². The quantitative estimate of drug-likeness (QED) is 0.633. The van der Waals surface area contributed by atoms with E-state index in [1.807, 2.05) is 0 Å². The number of hydrogen-bond donors (Lipinski definition) is 1. The summed E-state index contributed by atoms with van der Waals surface area (Å²) >= 11 is 0. The van der Waals surface area contributed by atoms with Gasteiger partial charge in [-0.25, -0.2) is 9.78 Å². The molecule has 2 aliphatic rings. The van der Waals surface area contributed by atoms with Crippen molar-refractivity contribution in [3.8, 4) is 0 Å². The summed E-state index contributed by atoms with van der Waals surface area (Å²) in [6.45, 7) is -0.478.